The molecule has 5 nitrogen and oxygen atoms in total. The first-order valence-corrected chi connectivity index (χ1v) is 6.20. The number of hydrogen-bond donors (Lipinski definition) is 2. The Labute approximate surface area is 80.3 Å². The van der Waals surface area contributed by atoms with E-state index in [2.05, 4.69) is 4.43 Å². The van der Waals surface area contributed by atoms with E-state index in [1.54, 1.807) is 0 Å². The van der Waals surface area contributed by atoms with Crippen molar-refractivity contribution in [2.24, 2.45) is 0 Å². The zero-order valence-electron chi connectivity index (χ0n) is 8.49. The van der Waals surface area contributed by atoms with Gasteiger partial charge in [-0.1, -0.05) is 13.8 Å². The van der Waals surface area contributed by atoms with Crippen molar-refractivity contribution in [3.8, 4) is 0 Å². The van der Waals surface area contributed by atoms with Crippen LogP contribution in [0.3, 0.4) is 0 Å². The van der Waals surface area contributed by atoms with Crippen molar-refractivity contribution in [2.75, 3.05) is 20.2 Å². The van der Waals surface area contributed by atoms with Crippen LogP contribution in [0.4, 0.5) is 0 Å². The molecule has 0 bridgehead atoms. The van der Waals surface area contributed by atoms with Gasteiger partial charge in [0.2, 0.25) is 0 Å². The summed E-state index contributed by atoms with van der Waals surface area (Å²) in [5, 5.41) is 1.54. The van der Waals surface area contributed by atoms with Crippen molar-refractivity contribution in [1.29, 1.82) is 0 Å². The quantitative estimate of drug-likeness (QED) is 0.460. The van der Waals surface area contributed by atoms with Crippen molar-refractivity contribution < 1.29 is 18.5 Å². The molecule has 0 aromatic carbocycles. The van der Waals surface area contributed by atoms with Gasteiger partial charge in [0, 0.05) is 20.2 Å². The molecule has 6 heteroatoms. The first-order valence-electron chi connectivity index (χ1n) is 4.49. The van der Waals surface area contributed by atoms with Crippen LogP contribution in [0.2, 0.25) is 0 Å². The lowest BCUT2D eigenvalue weighted by atomic mass is 10.4. The lowest BCUT2D eigenvalue weighted by Gasteiger charge is -2.25. The minimum Gasteiger partial charge on any atom is -0.367 e. The predicted octanol–water partition coefficient (Wildman–Crippen LogP) is 0.107. The van der Waals surface area contributed by atoms with Gasteiger partial charge >= 0.3 is 9.05 Å². The number of rotatable bonds is 7. The molecule has 0 radical (unpaired) electrons. The van der Waals surface area contributed by atoms with Crippen LogP contribution in [-0.2, 0) is 8.95 Å². The molecule has 0 atom stereocenters. The largest absolute Gasteiger partial charge is 0.691 e. The van der Waals surface area contributed by atoms with E-state index in [1.807, 2.05) is 13.8 Å². The van der Waals surface area contributed by atoms with Crippen molar-refractivity contribution in [2.45, 2.75) is 26.7 Å². The van der Waals surface area contributed by atoms with Gasteiger partial charge in [-0.25, -0.2) is 0 Å². The molecule has 0 unspecified atom stereocenters. The first kappa shape index (κ1) is 13.0. The molecule has 0 saturated carbocycles. The summed E-state index contributed by atoms with van der Waals surface area (Å²) in [7, 11) is -2.66. The molecule has 0 heterocycles. The maximum Gasteiger partial charge on any atom is 0.691 e. The van der Waals surface area contributed by atoms with Crippen molar-refractivity contribution in [1.82, 2.24) is 5.06 Å². The fourth-order valence-corrected chi connectivity index (χ4v) is 1.50. The normalized spacial score (nSPS) is 12.5. The van der Waals surface area contributed by atoms with E-state index < -0.39 is 9.05 Å². The van der Waals surface area contributed by atoms with E-state index in [1.165, 1.54) is 12.2 Å². The Morgan fingerprint density at radius 1 is 1.15 bits per heavy atom. The molecule has 0 aliphatic carbocycles. The van der Waals surface area contributed by atoms with Crippen LogP contribution in [0, 0.1) is 0 Å². The van der Waals surface area contributed by atoms with Gasteiger partial charge in [0.15, 0.2) is 0 Å². The number of nitrogens with zero attached hydrogens (tertiary/aromatic N) is 1. The third-order valence-electron chi connectivity index (χ3n) is 1.46. The Bertz CT molecular complexity index is 128. The van der Waals surface area contributed by atoms with Crippen LogP contribution < -0.4 is 0 Å². The van der Waals surface area contributed by atoms with Gasteiger partial charge in [-0.05, 0) is 12.8 Å². The van der Waals surface area contributed by atoms with Crippen LogP contribution in [-0.4, -0.2) is 43.9 Å². The zero-order chi connectivity index (χ0) is 10.3. The second-order valence-electron chi connectivity index (χ2n) is 2.77. The molecule has 0 aliphatic rings. The average molecular weight is 209 g/mol. The van der Waals surface area contributed by atoms with Gasteiger partial charge < -0.3 is 14.0 Å². The summed E-state index contributed by atoms with van der Waals surface area (Å²) >= 11 is 0. The molecule has 0 spiro atoms. The monoisotopic (exact) mass is 209 g/mol. The van der Waals surface area contributed by atoms with Crippen LogP contribution >= 0.6 is 0 Å². The Morgan fingerprint density at radius 2 is 1.62 bits per heavy atom. The highest BCUT2D eigenvalue weighted by atomic mass is 28.4. The third-order valence-corrected chi connectivity index (χ3v) is 2.49. The zero-order valence-corrected chi connectivity index (χ0v) is 9.49. The summed E-state index contributed by atoms with van der Waals surface area (Å²) in [5.41, 5.74) is 0. The molecule has 0 aliphatic heterocycles. The molecule has 0 amide bonds. The van der Waals surface area contributed by atoms with E-state index in [4.69, 9.17) is 14.1 Å². The van der Waals surface area contributed by atoms with Crippen molar-refractivity contribution >= 4 is 9.05 Å². The SMILES string of the molecule is CCCN(CCC)O[Si](O)(O)OC. The second-order valence-corrected chi connectivity index (χ2v) is 4.46. The maximum atomic E-state index is 9.16. The van der Waals surface area contributed by atoms with E-state index >= 15 is 0 Å². The third kappa shape index (κ3) is 6.14. The lowest BCUT2D eigenvalue weighted by molar-refractivity contribution is -0.141. The number of hydroxylamine groups is 2. The minimum atomic E-state index is -3.89. The molecule has 0 rings (SSSR count). The van der Waals surface area contributed by atoms with Crippen molar-refractivity contribution in [3.05, 3.63) is 0 Å². The van der Waals surface area contributed by atoms with Crippen molar-refractivity contribution in [3.63, 3.8) is 0 Å². The first-order chi connectivity index (χ1) is 6.05. The minimum absolute atomic E-state index is 0.674. The number of hydrogen-bond acceptors (Lipinski definition) is 5. The van der Waals surface area contributed by atoms with Gasteiger partial charge in [0.25, 0.3) is 0 Å². The van der Waals surface area contributed by atoms with Crippen LogP contribution in [0.5, 0.6) is 0 Å². The summed E-state index contributed by atoms with van der Waals surface area (Å²) in [6, 6.07) is 0. The molecule has 13 heavy (non-hydrogen) atoms. The van der Waals surface area contributed by atoms with Gasteiger partial charge in [-0.15, -0.1) is 0 Å². The average Bonchev–Trinajstić information content (AvgIpc) is 2.05. The summed E-state index contributed by atoms with van der Waals surface area (Å²) in [5.74, 6) is 0. The molecule has 2 N–H and O–H groups in total. The molecule has 0 fully saturated rings. The molecular formula is C7H19NO4Si. The van der Waals surface area contributed by atoms with E-state index in [0.29, 0.717) is 13.1 Å². The summed E-state index contributed by atoms with van der Waals surface area (Å²) < 4.78 is 9.38. The topological polar surface area (TPSA) is 62.2 Å². The lowest BCUT2D eigenvalue weighted by Crippen LogP contribution is -2.48. The summed E-state index contributed by atoms with van der Waals surface area (Å²) in [6.07, 6.45) is 1.79. The van der Waals surface area contributed by atoms with Gasteiger partial charge in [0.1, 0.15) is 0 Å². The van der Waals surface area contributed by atoms with Gasteiger partial charge in [-0.2, -0.15) is 5.06 Å². The Kier molecular flexibility index (Phi) is 6.48. The smallest absolute Gasteiger partial charge is 0.367 e. The Balaban J connectivity index is 3.92. The predicted molar refractivity (Wildman–Crippen MR) is 50.4 cm³/mol. The van der Waals surface area contributed by atoms with Crippen LogP contribution in [0.1, 0.15) is 26.7 Å². The second kappa shape index (κ2) is 6.47. The fraction of sp³-hybridized carbons (Fsp3) is 1.00. The molecule has 0 saturated heterocycles. The molecule has 80 valence electrons. The van der Waals surface area contributed by atoms with E-state index in [-0.39, 0.29) is 0 Å². The summed E-state index contributed by atoms with van der Waals surface area (Å²) in [4.78, 5) is 18.3. The van der Waals surface area contributed by atoms with Gasteiger partial charge in [0.05, 0.1) is 0 Å². The van der Waals surface area contributed by atoms with E-state index in [0.717, 1.165) is 12.8 Å². The van der Waals surface area contributed by atoms with Crippen LogP contribution in [0.25, 0.3) is 0 Å². The molecule has 0 aromatic heterocycles. The molecule has 0 aromatic rings. The molecular weight excluding hydrogens is 190 g/mol. The highest BCUT2D eigenvalue weighted by Crippen LogP contribution is 2.03. The summed E-state index contributed by atoms with van der Waals surface area (Å²) in [6.45, 7) is 5.34. The van der Waals surface area contributed by atoms with E-state index in [9.17, 15) is 0 Å². The fourth-order valence-electron chi connectivity index (χ4n) is 0.907. The highest BCUT2D eigenvalue weighted by Gasteiger charge is 2.37. The highest BCUT2D eigenvalue weighted by molar-refractivity contribution is 6.50. The Morgan fingerprint density at radius 3 is 1.92 bits per heavy atom. The van der Waals surface area contributed by atoms with Gasteiger partial charge in [-0.3, -0.25) is 4.53 Å². The maximum absolute atomic E-state index is 9.16. The standard InChI is InChI=1S/C7H19NO4Si/c1-4-6-8(7-5-2)12-13(9,10)11-3/h9-10H,4-7H2,1-3H3. The van der Waals surface area contributed by atoms with Crippen LogP contribution in [0.15, 0.2) is 0 Å². The Hall–Kier alpha value is 0.0169.